The van der Waals surface area contributed by atoms with E-state index in [0.717, 1.165) is 17.2 Å². The fourth-order valence-electron chi connectivity index (χ4n) is 3.54. The lowest BCUT2D eigenvalue weighted by molar-refractivity contribution is -0.385. The predicted octanol–water partition coefficient (Wildman–Crippen LogP) is 3.11. The minimum absolute atomic E-state index is 0.0452. The van der Waals surface area contributed by atoms with Gasteiger partial charge in [-0.05, 0) is 18.1 Å². The Morgan fingerprint density at radius 1 is 0.938 bits per heavy atom. The Kier molecular flexibility index (Phi) is 6.90. The van der Waals surface area contributed by atoms with Gasteiger partial charge in [-0.3, -0.25) is 10.1 Å². The summed E-state index contributed by atoms with van der Waals surface area (Å²) >= 11 is 0. The van der Waals surface area contributed by atoms with Crippen LogP contribution in [0.1, 0.15) is 12.0 Å². The molecule has 11 heteroatoms. The van der Waals surface area contributed by atoms with Crippen LogP contribution in [-0.4, -0.2) is 59.2 Å². The van der Waals surface area contributed by atoms with E-state index in [0.29, 0.717) is 23.7 Å². The molecule has 0 atom stereocenters. The zero-order valence-electron chi connectivity index (χ0n) is 18.2. The number of nitrogens with zero attached hydrogens (tertiary/aromatic N) is 2. The second-order valence-corrected chi connectivity index (χ2v) is 8.75. The summed E-state index contributed by atoms with van der Waals surface area (Å²) in [4.78, 5) is 10.2. The second-order valence-electron chi connectivity index (χ2n) is 6.84. The van der Waals surface area contributed by atoms with E-state index in [9.17, 15) is 18.5 Å². The summed E-state index contributed by atoms with van der Waals surface area (Å²) in [6.45, 7) is 0.236. The van der Waals surface area contributed by atoms with Crippen LogP contribution in [-0.2, 0) is 10.0 Å². The Bertz CT molecular complexity index is 1140. The van der Waals surface area contributed by atoms with E-state index in [4.69, 9.17) is 18.9 Å². The van der Waals surface area contributed by atoms with Crippen LogP contribution in [0.25, 0.3) is 5.57 Å². The van der Waals surface area contributed by atoms with Crippen molar-refractivity contribution in [3.05, 3.63) is 52.1 Å². The topological polar surface area (TPSA) is 117 Å². The number of methoxy groups -OCH3 is 4. The lowest BCUT2D eigenvalue weighted by Crippen LogP contribution is -2.35. The van der Waals surface area contributed by atoms with Crippen LogP contribution in [0.4, 0.5) is 5.69 Å². The van der Waals surface area contributed by atoms with Crippen molar-refractivity contribution >= 4 is 21.3 Å². The molecule has 0 radical (unpaired) electrons. The minimum Gasteiger partial charge on any atom is -0.496 e. The Labute approximate surface area is 186 Å². The van der Waals surface area contributed by atoms with Gasteiger partial charge in [-0.25, -0.2) is 8.42 Å². The van der Waals surface area contributed by atoms with Gasteiger partial charge in [-0.1, -0.05) is 6.08 Å². The molecule has 1 aliphatic rings. The Balaban J connectivity index is 1.97. The molecule has 0 N–H and O–H groups in total. The number of non-ortho nitro benzene ring substituents is 1. The molecule has 0 fully saturated rings. The minimum atomic E-state index is -4.03. The molecule has 3 rings (SSSR count). The third kappa shape index (κ3) is 4.34. The molecule has 2 aromatic rings. The summed E-state index contributed by atoms with van der Waals surface area (Å²) in [6.07, 6.45) is 2.16. The summed E-state index contributed by atoms with van der Waals surface area (Å²) < 4.78 is 49.2. The van der Waals surface area contributed by atoms with Gasteiger partial charge in [0.25, 0.3) is 5.69 Å². The summed E-state index contributed by atoms with van der Waals surface area (Å²) in [6, 6.07) is 6.96. The predicted molar refractivity (Wildman–Crippen MR) is 117 cm³/mol. The highest BCUT2D eigenvalue weighted by Crippen LogP contribution is 2.41. The number of hydrogen-bond acceptors (Lipinski definition) is 8. The van der Waals surface area contributed by atoms with Crippen LogP contribution in [0.3, 0.4) is 0 Å². The molecule has 0 unspecified atom stereocenters. The fraction of sp³-hybridized carbons (Fsp3) is 0.333. The van der Waals surface area contributed by atoms with Crippen molar-refractivity contribution in [1.82, 2.24) is 4.31 Å². The van der Waals surface area contributed by atoms with Gasteiger partial charge in [0.2, 0.25) is 10.0 Å². The van der Waals surface area contributed by atoms with Crippen molar-refractivity contribution in [2.45, 2.75) is 11.3 Å². The first-order valence-corrected chi connectivity index (χ1v) is 11.0. The zero-order chi connectivity index (χ0) is 23.5. The summed E-state index contributed by atoms with van der Waals surface area (Å²) in [5, 5.41) is 11.1. The molecule has 10 nitrogen and oxygen atoms in total. The molecule has 0 saturated carbocycles. The van der Waals surface area contributed by atoms with Gasteiger partial charge >= 0.3 is 0 Å². The molecule has 0 bridgehead atoms. The van der Waals surface area contributed by atoms with E-state index >= 15 is 0 Å². The van der Waals surface area contributed by atoms with E-state index < -0.39 is 14.9 Å². The van der Waals surface area contributed by atoms with Crippen molar-refractivity contribution in [3.8, 4) is 23.0 Å². The van der Waals surface area contributed by atoms with Gasteiger partial charge in [0, 0.05) is 37.4 Å². The molecule has 2 aromatic carbocycles. The Hall–Kier alpha value is -3.31. The van der Waals surface area contributed by atoms with E-state index in [1.54, 1.807) is 25.3 Å². The highest BCUT2D eigenvalue weighted by molar-refractivity contribution is 7.89. The van der Waals surface area contributed by atoms with Gasteiger partial charge < -0.3 is 18.9 Å². The quantitative estimate of drug-likeness (QED) is 0.432. The van der Waals surface area contributed by atoms with Crippen LogP contribution in [0, 0.1) is 10.1 Å². The lowest BCUT2D eigenvalue weighted by atomic mass is 9.98. The molecule has 0 amide bonds. The molecule has 0 spiro atoms. The van der Waals surface area contributed by atoms with Gasteiger partial charge in [0.05, 0.1) is 38.9 Å². The Morgan fingerprint density at radius 2 is 1.56 bits per heavy atom. The van der Waals surface area contributed by atoms with Crippen LogP contribution in [0.2, 0.25) is 0 Å². The molecule has 0 aromatic heterocycles. The van der Waals surface area contributed by atoms with E-state index in [1.165, 1.54) is 37.8 Å². The summed E-state index contributed by atoms with van der Waals surface area (Å²) in [5.74, 6) is 1.71. The molecule has 172 valence electrons. The number of nitro benzene ring substituents is 1. The number of hydrogen-bond donors (Lipinski definition) is 0. The first-order valence-electron chi connectivity index (χ1n) is 9.58. The average molecular weight is 464 g/mol. The van der Waals surface area contributed by atoms with Gasteiger partial charge in [-0.2, -0.15) is 4.31 Å². The number of ether oxygens (including phenoxy) is 4. The van der Waals surface area contributed by atoms with Crippen LogP contribution < -0.4 is 18.9 Å². The normalized spacial score (nSPS) is 14.4. The van der Waals surface area contributed by atoms with Crippen molar-refractivity contribution < 1.29 is 32.3 Å². The smallest absolute Gasteiger partial charge is 0.271 e. The lowest BCUT2D eigenvalue weighted by Gasteiger charge is -2.27. The average Bonchev–Trinajstić information content (AvgIpc) is 2.82. The first kappa shape index (κ1) is 23.4. The molecule has 0 aliphatic carbocycles. The van der Waals surface area contributed by atoms with Crippen LogP contribution in [0.5, 0.6) is 23.0 Å². The van der Waals surface area contributed by atoms with Gasteiger partial charge in [0.15, 0.2) is 0 Å². The maximum absolute atomic E-state index is 13.2. The molecule has 0 saturated heterocycles. The number of nitro groups is 1. The van der Waals surface area contributed by atoms with E-state index in [2.05, 4.69) is 0 Å². The van der Waals surface area contributed by atoms with Gasteiger partial charge in [0.1, 0.15) is 27.9 Å². The monoisotopic (exact) mass is 464 g/mol. The number of rotatable bonds is 8. The number of sulfonamides is 1. The standard InChI is InChI=1S/C21H24N2O8S/c1-28-16-12-18(30-3)21(19(13-16)31-4)14-7-9-22(10-8-14)32(26,27)20-11-15(23(24)25)5-6-17(20)29-2/h5-7,11-13H,8-10H2,1-4H3. The van der Waals surface area contributed by atoms with Gasteiger partial charge in [-0.15, -0.1) is 0 Å². The summed E-state index contributed by atoms with van der Waals surface area (Å²) in [7, 11) is 1.89. The van der Waals surface area contributed by atoms with Crippen molar-refractivity contribution in [3.63, 3.8) is 0 Å². The summed E-state index contributed by atoms with van der Waals surface area (Å²) in [5.41, 5.74) is 1.25. The van der Waals surface area contributed by atoms with E-state index in [-0.39, 0.29) is 29.4 Å². The van der Waals surface area contributed by atoms with Crippen molar-refractivity contribution in [1.29, 1.82) is 0 Å². The number of benzene rings is 2. The highest BCUT2D eigenvalue weighted by atomic mass is 32.2. The van der Waals surface area contributed by atoms with Crippen molar-refractivity contribution in [2.24, 2.45) is 0 Å². The molecule has 1 aliphatic heterocycles. The van der Waals surface area contributed by atoms with Crippen molar-refractivity contribution in [2.75, 3.05) is 41.5 Å². The molecular formula is C21H24N2O8S. The van der Waals surface area contributed by atoms with Crippen LogP contribution in [0.15, 0.2) is 41.3 Å². The second kappa shape index (κ2) is 9.45. The zero-order valence-corrected chi connectivity index (χ0v) is 19.0. The third-order valence-corrected chi connectivity index (χ3v) is 7.07. The van der Waals surface area contributed by atoms with E-state index in [1.807, 2.05) is 0 Å². The molecular weight excluding hydrogens is 440 g/mol. The maximum atomic E-state index is 13.2. The fourth-order valence-corrected chi connectivity index (χ4v) is 5.09. The Morgan fingerprint density at radius 3 is 2.03 bits per heavy atom. The maximum Gasteiger partial charge on any atom is 0.271 e. The molecule has 1 heterocycles. The SMILES string of the molecule is COc1cc(OC)c(C2=CCN(S(=O)(=O)c3cc([N+](=O)[O-])ccc3OC)CC2)c(OC)c1. The molecule has 32 heavy (non-hydrogen) atoms. The highest BCUT2D eigenvalue weighted by Gasteiger charge is 2.32. The van der Waals surface area contributed by atoms with Crippen LogP contribution >= 0.6 is 0 Å². The third-order valence-electron chi connectivity index (χ3n) is 5.18. The first-order chi connectivity index (χ1) is 15.3. The largest absolute Gasteiger partial charge is 0.496 e.